The number of carbonyl (C=O) groups is 2. The van der Waals surface area contributed by atoms with Crippen LogP contribution in [0.4, 0.5) is 0 Å². The lowest BCUT2D eigenvalue weighted by atomic mass is 9.81. The van der Waals surface area contributed by atoms with Gasteiger partial charge in [-0.1, -0.05) is 44.2 Å². The second kappa shape index (κ2) is 5.65. The summed E-state index contributed by atoms with van der Waals surface area (Å²) in [5, 5.41) is 11.8. The fourth-order valence-corrected chi connectivity index (χ4v) is 2.43. The van der Waals surface area contributed by atoms with E-state index in [1.807, 2.05) is 44.2 Å². The highest BCUT2D eigenvalue weighted by Gasteiger charge is 2.38. The Hall–Kier alpha value is -1.84. The van der Waals surface area contributed by atoms with Crippen LogP contribution in [-0.2, 0) is 15.0 Å². The first-order valence-electron chi connectivity index (χ1n) is 6.98. The summed E-state index contributed by atoms with van der Waals surface area (Å²) < 4.78 is 0. The van der Waals surface area contributed by atoms with Crippen molar-refractivity contribution in [3.8, 4) is 0 Å². The predicted molar refractivity (Wildman–Crippen MR) is 76.4 cm³/mol. The summed E-state index contributed by atoms with van der Waals surface area (Å²) in [5.41, 5.74) is 0.770. The van der Waals surface area contributed by atoms with Crippen LogP contribution in [-0.4, -0.2) is 23.0 Å². The van der Waals surface area contributed by atoms with E-state index in [9.17, 15) is 9.59 Å². The van der Waals surface area contributed by atoms with E-state index in [0.717, 1.165) is 18.4 Å². The first-order chi connectivity index (χ1) is 9.40. The van der Waals surface area contributed by atoms with E-state index in [-0.39, 0.29) is 23.7 Å². The van der Waals surface area contributed by atoms with Crippen molar-refractivity contribution < 1.29 is 14.7 Å². The summed E-state index contributed by atoms with van der Waals surface area (Å²) >= 11 is 0. The second-order valence-electron chi connectivity index (χ2n) is 6.15. The average Bonchev–Trinajstić information content (AvgIpc) is 3.20. The molecule has 108 valence electrons. The van der Waals surface area contributed by atoms with Crippen LogP contribution < -0.4 is 5.32 Å². The van der Waals surface area contributed by atoms with Gasteiger partial charge in [0, 0.05) is 6.42 Å². The molecule has 2 N–H and O–H groups in total. The third-order valence-electron chi connectivity index (χ3n) is 3.83. The molecule has 0 saturated heterocycles. The maximum Gasteiger partial charge on any atom is 0.326 e. The maximum atomic E-state index is 12.1. The quantitative estimate of drug-likeness (QED) is 0.837. The van der Waals surface area contributed by atoms with Crippen LogP contribution in [0.3, 0.4) is 0 Å². The van der Waals surface area contributed by atoms with Crippen LogP contribution in [0.25, 0.3) is 0 Å². The van der Waals surface area contributed by atoms with Gasteiger partial charge in [-0.3, -0.25) is 4.79 Å². The molecule has 1 atom stereocenters. The molecular formula is C16H21NO3. The first-order valence-corrected chi connectivity index (χ1v) is 6.98. The summed E-state index contributed by atoms with van der Waals surface area (Å²) in [5.74, 6) is -1.02. The van der Waals surface area contributed by atoms with Gasteiger partial charge in [-0.15, -0.1) is 0 Å². The predicted octanol–water partition coefficient (Wildman–Crippen LogP) is 2.33. The number of carboxylic acids is 1. The molecule has 1 aliphatic carbocycles. The Bertz CT molecular complexity index is 492. The zero-order valence-electron chi connectivity index (χ0n) is 11.9. The standard InChI is InChI=1S/C16H21NO3/c1-16(2,12-6-4-3-5-7-12)10-13(18)17-14(15(19)20)11-8-9-11/h3-7,11,14H,8-10H2,1-2H3,(H,17,18)(H,19,20). The van der Waals surface area contributed by atoms with Gasteiger partial charge in [-0.2, -0.15) is 0 Å². The van der Waals surface area contributed by atoms with Gasteiger partial charge in [0.25, 0.3) is 0 Å². The Labute approximate surface area is 119 Å². The van der Waals surface area contributed by atoms with Crippen molar-refractivity contribution in [1.29, 1.82) is 0 Å². The van der Waals surface area contributed by atoms with Crippen molar-refractivity contribution in [2.45, 2.75) is 44.6 Å². The lowest BCUT2D eigenvalue weighted by Crippen LogP contribution is -2.44. The van der Waals surface area contributed by atoms with E-state index < -0.39 is 12.0 Å². The smallest absolute Gasteiger partial charge is 0.326 e. The number of carbonyl (C=O) groups excluding carboxylic acids is 1. The summed E-state index contributed by atoms with van der Waals surface area (Å²) in [4.78, 5) is 23.2. The van der Waals surface area contributed by atoms with Gasteiger partial charge in [-0.05, 0) is 29.7 Å². The SMILES string of the molecule is CC(C)(CC(=O)NC(C(=O)O)C1CC1)c1ccccc1. The van der Waals surface area contributed by atoms with Crippen LogP contribution >= 0.6 is 0 Å². The van der Waals surface area contributed by atoms with Gasteiger partial charge in [-0.25, -0.2) is 4.79 Å². The van der Waals surface area contributed by atoms with Crippen LogP contribution in [0.15, 0.2) is 30.3 Å². The summed E-state index contributed by atoms with van der Waals surface area (Å²) in [6, 6.07) is 9.08. The molecule has 0 heterocycles. The molecule has 1 aromatic carbocycles. The third-order valence-corrected chi connectivity index (χ3v) is 3.83. The fourth-order valence-electron chi connectivity index (χ4n) is 2.43. The fraction of sp³-hybridized carbons (Fsp3) is 0.500. The lowest BCUT2D eigenvalue weighted by Gasteiger charge is -2.25. The maximum absolute atomic E-state index is 12.1. The third kappa shape index (κ3) is 3.59. The molecule has 1 amide bonds. The van der Waals surface area contributed by atoms with Crippen molar-refractivity contribution in [2.24, 2.45) is 5.92 Å². The number of carboxylic acid groups (broad SMARTS) is 1. The Balaban J connectivity index is 1.98. The molecule has 1 unspecified atom stereocenters. The number of hydrogen-bond acceptors (Lipinski definition) is 2. The van der Waals surface area contributed by atoms with Crippen LogP contribution in [0.2, 0.25) is 0 Å². The van der Waals surface area contributed by atoms with E-state index in [0.29, 0.717) is 0 Å². The normalized spacial score (nSPS) is 16.5. The highest BCUT2D eigenvalue weighted by molar-refractivity contribution is 5.84. The van der Waals surface area contributed by atoms with E-state index in [4.69, 9.17) is 5.11 Å². The number of nitrogens with one attached hydrogen (secondary N) is 1. The largest absolute Gasteiger partial charge is 0.480 e. The minimum atomic E-state index is -0.932. The number of amides is 1. The van der Waals surface area contributed by atoms with Crippen molar-refractivity contribution in [3.05, 3.63) is 35.9 Å². The Kier molecular flexibility index (Phi) is 4.12. The number of rotatable bonds is 6. The zero-order valence-corrected chi connectivity index (χ0v) is 11.9. The summed E-state index contributed by atoms with van der Waals surface area (Å²) in [7, 11) is 0. The molecule has 4 heteroatoms. The molecule has 0 aliphatic heterocycles. The molecule has 0 radical (unpaired) electrons. The molecule has 0 aromatic heterocycles. The Morgan fingerprint density at radius 3 is 2.40 bits per heavy atom. The van der Waals surface area contributed by atoms with Crippen LogP contribution in [0, 0.1) is 5.92 Å². The topological polar surface area (TPSA) is 66.4 Å². The van der Waals surface area contributed by atoms with Gasteiger partial charge < -0.3 is 10.4 Å². The minimum absolute atomic E-state index is 0.108. The van der Waals surface area contributed by atoms with E-state index in [1.54, 1.807) is 0 Å². The molecule has 1 aliphatic rings. The molecule has 1 saturated carbocycles. The minimum Gasteiger partial charge on any atom is -0.480 e. The molecule has 0 bridgehead atoms. The van der Waals surface area contributed by atoms with Crippen LogP contribution in [0.5, 0.6) is 0 Å². The second-order valence-corrected chi connectivity index (χ2v) is 6.15. The van der Waals surface area contributed by atoms with Gasteiger partial charge in [0.2, 0.25) is 5.91 Å². The van der Waals surface area contributed by atoms with Crippen LogP contribution in [0.1, 0.15) is 38.7 Å². The summed E-state index contributed by atoms with van der Waals surface area (Å²) in [6.07, 6.45) is 2.06. The van der Waals surface area contributed by atoms with Crippen molar-refractivity contribution in [2.75, 3.05) is 0 Å². The van der Waals surface area contributed by atoms with E-state index in [1.165, 1.54) is 0 Å². The highest BCUT2D eigenvalue weighted by atomic mass is 16.4. The van der Waals surface area contributed by atoms with E-state index >= 15 is 0 Å². The molecule has 20 heavy (non-hydrogen) atoms. The van der Waals surface area contributed by atoms with Gasteiger partial charge >= 0.3 is 5.97 Å². The molecule has 1 fully saturated rings. The zero-order chi connectivity index (χ0) is 14.8. The van der Waals surface area contributed by atoms with Gasteiger partial charge in [0.05, 0.1) is 0 Å². The van der Waals surface area contributed by atoms with Gasteiger partial charge in [0.15, 0.2) is 0 Å². The monoisotopic (exact) mass is 275 g/mol. The average molecular weight is 275 g/mol. The Morgan fingerprint density at radius 2 is 1.90 bits per heavy atom. The van der Waals surface area contributed by atoms with E-state index in [2.05, 4.69) is 5.32 Å². The first kappa shape index (κ1) is 14.6. The highest BCUT2D eigenvalue weighted by Crippen LogP contribution is 2.33. The number of aliphatic carboxylic acids is 1. The number of benzene rings is 1. The van der Waals surface area contributed by atoms with Crippen molar-refractivity contribution in [1.82, 2.24) is 5.32 Å². The molecular weight excluding hydrogens is 254 g/mol. The molecule has 0 spiro atoms. The molecule has 2 rings (SSSR count). The van der Waals surface area contributed by atoms with Crippen molar-refractivity contribution in [3.63, 3.8) is 0 Å². The molecule has 1 aromatic rings. The lowest BCUT2D eigenvalue weighted by molar-refractivity contribution is -0.142. The summed E-state index contributed by atoms with van der Waals surface area (Å²) in [6.45, 7) is 3.99. The number of hydrogen-bond donors (Lipinski definition) is 2. The van der Waals surface area contributed by atoms with Gasteiger partial charge in [0.1, 0.15) is 6.04 Å². The van der Waals surface area contributed by atoms with Crippen molar-refractivity contribution >= 4 is 11.9 Å². The Morgan fingerprint density at radius 1 is 1.30 bits per heavy atom. The molecule has 4 nitrogen and oxygen atoms in total.